The second kappa shape index (κ2) is 8.26. The van der Waals surface area contributed by atoms with Crippen LogP contribution in [0.3, 0.4) is 0 Å². The molecule has 0 aromatic heterocycles. The lowest BCUT2D eigenvalue weighted by Gasteiger charge is -2.30. The van der Waals surface area contributed by atoms with Gasteiger partial charge in [-0.2, -0.15) is 0 Å². The number of allylic oxidation sites excluding steroid dienone is 1. The van der Waals surface area contributed by atoms with Crippen LogP contribution in [0.1, 0.15) is 18.5 Å². The van der Waals surface area contributed by atoms with Gasteiger partial charge in [0.2, 0.25) is 0 Å². The quantitative estimate of drug-likeness (QED) is 0.668. The Balaban J connectivity index is 1.97. The van der Waals surface area contributed by atoms with E-state index in [1.165, 1.54) is 19.2 Å². The summed E-state index contributed by atoms with van der Waals surface area (Å²) < 4.78 is 23.9. The molecule has 1 heterocycles. The molecule has 0 bridgehead atoms. The summed E-state index contributed by atoms with van der Waals surface area (Å²) in [4.78, 5) is 13.1. The van der Waals surface area contributed by atoms with Crippen molar-refractivity contribution < 1.29 is 18.7 Å². The number of amides is 1. The number of nitrogens with one attached hydrogen (secondary N) is 3. The van der Waals surface area contributed by atoms with Gasteiger partial charge in [-0.15, -0.1) is 0 Å². The summed E-state index contributed by atoms with van der Waals surface area (Å²) in [5, 5.41) is 9.30. The highest BCUT2D eigenvalue weighted by Crippen LogP contribution is 2.32. The standard InChI is InChI=1S/C20H20FN3O3S/c1-11-17(18(24-20(28)22-11)12-4-6-13(21)7-5-12)19(25)23-15-10-14(26-2)8-9-16(15)27-3/h4-10,18H,1-3H3,(H,23,25)(H2,22,24,28). The minimum absolute atomic E-state index is 0.346. The number of halogens is 1. The predicted octanol–water partition coefficient (Wildman–Crippen LogP) is 3.27. The van der Waals surface area contributed by atoms with E-state index >= 15 is 0 Å². The van der Waals surface area contributed by atoms with Crippen LogP contribution >= 0.6 is 12.2 Å². The maximum atomic E-state index is 13.3. The first-order valence-electron chi connectivity index (χ1n) is 8.50. The van der Waals surface area contributed by atoms with Crippen LogP contribution in [-0.4, -0.2) is 25.2 Å². The minimum atomic E-state index is -0.522. The first kappa shape index (κ1) is 19.6. The molecule has 0 saturated carbocycles. The van der Waals surface area contributed by atoms with E-state index in [4.69, 9.17) is 21.7 Å². The first-order valence-corrected chi connectivity index (χ1v) is 8.91. The van der Waals surface area contributed by atoms with Crippen LogP contribution in [0.15, 0.2) is 53.7 Å². The van der Waals surface area contributed by atoms with E-state index in [0.717, 1.165) is 0 Å². The average Bonchev–Trinajstić information content (AvgIpc) is 2.67. The van der Waals surface area contributed by atoms with Crippen LogP contribution in [0.4, 0.5) is 10.1 Å². The molecule has 2 aromatic carbocycles. The van der Waals surface area contributed by atoms with Crippen LogP contribution in [0.2, 0.25) is 0 Å². The number of carbonyl (C=O) groups is 1. The summed E-state index contributed by atoms with van der Waals surface area (Å²) in [5.74, 6) is 0.380. The minimum Gasteiger partial charge on any atom is -0.497 e. The summed E-state index contributed by atoms with van der Waals surface area (Å²) >= 11 is 5.23. The number of rotatable bonds is 5. The van der Waals surface area contributed by atoms with Crippen molar-refractivity contribution in [2.45, 2.75) is 13.0 Å². The van der Waals surface area contributed by atoms with Gasteiger partial charge in [0.25, 0.3) is 5.91 Å². The van der Waals surface area contributed by atoms with Crippen molar-refractivity contribution in [2.75, 3.05) is 19.5 Å². The third kappa shape index (κ3) is 4.07. The smallest absolute Gasteiger partial charge is 0.255 e. The van der Waals surface area contributed by atoms with Gasteiger partial charge in [0, 0.05) is 11.8 Å². The zero-order valence-electron chi connectivity index (χ0n) is 15.6. The van der Waals surface area contributed by atoms with Gasteiger partial charge >= 0.3 is 0 Å². The molecule has 0 aliphatic carbocycles. The summed E-state index contributed by atoms with van der Waals surface area (Å²) in [7, 11) is 3.06. The molecule has 1 aliphatic heterocycles. The van der Waals surface area contributed by atoms with Crippen molar-refractivity contribution in [3.63, 3.8) is 0 Å². The largest absolute Gasteiger partial charge is 0.497 e. The maximum Gasteiger partial charge on any atom is 0.255 e. The van der Waals surface area contributed by atoms with Gasteiger partial charge in [0.1, 0.15) is 17.3 Å². The molecule has 0 spiro atoms. The van der Waals surface area contributed by atoms with Crippen LogP contribution in [0.5, 0.6) is 11.5 Å². The number of thiocarbonyl (C=S) groups is 1. The third-order valence-electron chi connectivity index (χ3n) is 4.37. The van der Waals surface area contributed by atoms with Gasteiger partial charge in [-0.25, -0.2) is 4.39 Å². The van der Waals surface area contributed by atoms with E-state index in [1.54, 1.807) is 44.4 Å². The molecule has 28 heavy (non-hydrogen) atoms. The van der Waals surface area contributed by atoms with Crippen molar-refractivity contribution in [1.82, 2.24) is 10.6 Å². The summed E-state index contributed by atoms with van der Waals surface area (Å²) in [6.07, 6.45) is 0. The lowest BCUT2D eigenvalue weighted by molar-refractivity contribution is -0.113. The molecular weight excluding hydrogens is 381 g/mol. The highest BCUT2D eigenvalue weighted by molar-refractivity contribution is 7.80. The Hall–Kier alpha value is -3.13. The fraction of sp³-hybridized carbons (Fsp3) is 0.200. The van der Waals surface area contributed by atoms with E-state index in [9.17, 15) is 9.18 Å². The normalized spacial score (nSPS) is 16.1. The zero-order valence-corrected chi connectivity index (χ0v) is 16.4. The molecule has 146 valence electrons. The van der Waals surface area contributed by atoms with Gasteiger partial charge in [-0.1, -0.05) is 12.1 Å². The second-order valence-corrected chi connectivity index (χ2v) is 6.55. The molecule has 8 heteroatoms. The van der Waals surface area contributed by atoms with E-state index in [1.807, 2.05) is 0 Å². The lowest BCUT2D eigenvalue weighted by atomic mass is 9.95. The Morgan fingerprint density at radius 2 is 1.86 bits per heavy atom. The Labute approximate surface area is 167 Å². The van der Waals surface area contributed by atoms with Crippen molar-refractivity contribution >= 4 is 28.9 Å². The molecular formula is C20H20FN3O3S. The van der Waals surface area contributed by atoms with Gasteiger partial charge in [-0.05, 0) is 49.0 Å². The maximum absolute atomic E-state index is 13.3. The van der Waals surface area contributed by atoms with Gasteiger partial charge in [0.15, 0.2) is 5.11 Å². The van der Waals surface area contributed by atoms with Crippen molar-refractivity contribution in [1.29, 1.82) is 0 Å². The Kier molecular flexibility index (Phi) is 5.79. The molecule has 1 aliphatic rings. The molecule has 3 N–H and O–H groups in total. The number of ether oxygens (including phenoxy) is 2. The van der Waals surface area contributed by atoms with E-state index in [0.29, 0.717) is 39.1 Å². The average molecular weight is 401 g/mol. The highest BCUT2D eigenvalue weighted by Gasteiger charge is 2.30. The van der Waals surface area contributed by atoms with Crippen LogP contribution < -0.4 is 25.4 Å². The van der Waals surface area contributed by atoms with Crippen LogP contribution in [0.25, 0.3) is 0 Å². The van der Waals surface area contributed by atoms with Gasteiger partial charge < -0.3 is 25.4 Å². The topological polar surface area (TPSA) is 71.6 Å². The monoisotopic (exact) mass is 401 g/mol. The SMILES string of the molecule is COc1ccc(OC)c(NC(=O)C2=C(C)NC(=S)NC2c2ccc(F)cc2)c1. The molecule has 0 fully saturated rings. The summed E-state index contributed by atoms with van der Waals surface area (Å²) in [6.45, 7) is 1.77. The van der Waals surface area contributed by atoms with Crippen molar-refractivity contribution in [3.8, 4) is 11.5 Å². The molecule has 0 saturated heterocycles. The number of anilines is 1. The molecule has 6 nitrogen and oxygen atoms in total. The summed E-state index contributed by atoms with van der Waals surface area (Å²) in [6, 6.07) is 10.5. The molecule has 0 radical (unpaired) electrons. The van der Waals surface area contributed by atoms with Crippen LogP contribution in [-0.2, 0) is 4.79 Å². The Morgan fingerprint density at radius 3 is 2.50 bits per heavy atom. The summed E-state index contributed by atoms with van der Waals surface area (Å²) in [5.41, 5.74) is 2.23. The second-order valence-electron chi connectivity index (χ2n) is 6.14. The molecule has 3 rings (SSSR count). The number of hydrogen-bond acceptors (Lipinski definition) is 4. The molecule has 1 atom stereocenters. The van der Waals surface area contributed by atoms with Crippen molar-refractivity contribution in [2.24, 2.45) is 0 Å². The number of hydrogen-bond donors (Lipinski definition) is 3. The van der Waals surface area contributed by atoms with Gasteiger partial charge in [-0.3, -0.25) is 4.79 Å². The highest BCUT2D eigenvalue weighted by atomic mass is 32.1. The molecule has 1 amide bonds. The third-order valence-corrected chi connectivity index (χ3v) is 4.59. The first-order chi connectivity index (χ1) is 13.4. The lowest BCUT2D eigenvalue weighted by Crippen LogP contribution is -2.45. The van der Waals surface area contributed by atoms with E-state index in [2.05, 4.69) is 16.0 Å². The zero-order chi connectivity index (χ0) is 20.3. The van der Waals surface area contributed by atoms with E-state index < -0.39 is 6.04 Å². The fourth-order valence-electron chi connectivity index (χ4n) is 3.00. The Bertz CT molecular complexity index is 944. The Morgan fingerprint density at radius 1 is 1.14 bits per heavy atom. The predicted molar refractivity (Wildman–Crippen MR) is 109 cm³/mol. The number of methoxy groups -OCH3 is 2. The van der Waals surface area contributed by atoms with E-state index in [-0.39, 0.29) is 11.7 Å². The van der Waals surface area contributed by atoms with Gasteiger partial charge in [0.05, 0.1) is 31.5 Å². The van der Waals surface area contributed by atoms with Crippen LogP contribution in [0, 0.1) is 5.82 Å². The number of carbonyl (C=O) groups excluding carboxylic acids is 1. The van der Waals surface area contributed by atoms with Crippen molar-refractivity contribution in [3.05, 3.63) is 65.1 Å². The molecule has 1 unspecified atom stereocenters. The molecule has 2 aromatic rings. The number of benzene rings is 2. The fourth-order valence-corrected chi connectivity index (χ4v) is 3.27.